The number of carbonyl (C=O) groups is 2. The molecule has 1 atom stereocenters. The predicted molar refractivity (Wildman–Crippen MR) is 51.8 cm³/mol. The first-order chi connectivity index (χ1) is 6.59. The molecule has 14 heavy (non-hydrogen) atoms. The van der Waals surface area contributed by atoms with E-state index in [-0.39, 0.29) is 18.4 Å². The van der Waals surface area contributed by atoms with Crippen LogP contribution < -0.4 is 5.32 Å². The van der Waals surface area contributed by atoms with Crippen LogP contribution in [0.4, 0.5) is 0 Å². The zero-order valence-corrected chi connectivity index (χ0v) is 8.45. The van der Waals surface area contributed by atoms with Crippen LogP contribution in [0.1, 0.15) is 39.0 Å². The van der Waals surface area contributed by atoms with Crippen molar-refractivity contribution in [3.63, 3.8) is 0 Å². The quantitative estimate of drug-likeness (QED) is 0.714. The molecule has 1 aliphatic rings. The average molecular weight is 199 g/mol. The van der Waals surface area contributed by atoms with Crippen LogP contribution in [0, 0.1) is 5.92 Å². The van der Waals surface area contributed by atoms with E-state index < -0.39 is 11.9 Å². The number of hydrogen-bond acceptors (Lipinski definition) is 2. The maximum atomic E-state index is 11.5. The van der Waals surface area contributed by atoms with Crippen LogP contribution in [-0.2, 0) is 9.59 Å². The normalized spacial score (nSPS) is 19.2. The van der Waals surface area contributed by atoms with Crippen molar-refractivity contribution < 1.29 is 14.7 Å². The van der Waals surface area contributed by atoms with Gasteiger partial charge in [-0.1, -0.05) is 19.8 Å². The van der Waals surface area contributed by atoms with Crippen molar-refractivity contribution in [2.75, 3.05) is 0 Å². The van der Waals surface area contributed by atoms with E-state index in [0.717, 1.165) is 25.7 Å². The minimum atomic E-state index is -0.918. The van der Waals surface area contributed by atoms with Gasteiger partial charge < -0.3 is 10.4 Å². The molecule has 0 bridgehead atoms. The zero-order chi connectivity index (χ0) is 10.6. The molecular formula is C10H17NO3. The molecular weight excluding hydrogens is 182 g/mol. The third kappa shape index (κ3) is 3.36. The minimum absolute atomic E-state index is 0.0848. The van der Waals surface area contributed by atoms with Crippen LogP contribution in [0.2, 0.25) is 0 Å². The van der Waals surface area contributed by atoms with Crippen molar-refractivity contribution in [3.8, 4) is 0 Å². The standard InChI is InChI=1S/C10H17NO3/c1-7(6-9(12)13)10(14)11-8-4-2-3-5-8/h7-8H,2-6H2,1H3,(H,11,14)(H,12,13). The molecule has 0 heterocycles. The van der Waals surface area contributed by atoms with Crippen molar-refractivity contribution in [2.24, 2.45) is 5.92 Å². The number of carboxylic acid groups (broad SMARTS) is 1. The Morgan fingerprint density at radius 2 is 2.00 bits per heavy atom. The maximum Gasteiger partial charge on any atom is 0.304 e. The highest BCUT2D eigenvalue weighted by atomic mass is 16.4. The molecule has 0 aromatic heterocycles. The van der Waals surface area contributed by atoms with Gasteiger partial charge in [-0.2, -0.15) is 0 Å². The summed E-state index contributed by atoms with van der Waals surface area (Å²) >= 11 is 0. The van der Waals surface area contributed by atoms with Gasteiger partial charge in [-0.15, -0.1) is 0 Å². The lowest BCUT2D eigenvalue weighted by Gasteiger charge is -2.15. The molecule has 0 radical (unpaired) electrons. The van der Waals surface area contributed by atoms with E-state index >= 15 is 0 Å². The van der Waals surface area contributed by atoms with Crippen molar-refractivity contribution >= 4 is 11.9 Å². The van der Waals surface area contributed by atoms with Gasteiger partial charge in [-0.25, -0.2) is 0 Å². The van der Waals surface area contributed by atoms with Crippen LogP contribution in [0.3, 0.4) is 0 Å². The van der Waals surface area contributed by atoms with Gasteiger partial charge in [0.2, 0.25) is 5.91 Å². The van der Waals surface area contributed by atoms with Gasteiger partial charge in [0.15, 0.2) is 0 Å². The average Bonchev–Trinajstić information content (AvgIpc) is 2.55. The fourth-order valence-electron chi connectivity index (χ4n) is 1.77. The third-order valence-corrected chi connectivity index (χ3v) is 2.63. The Morgan fingerprint density at radius 3 is 2.50 bits per heavy atom. The topological polar surface area (TPSA) is 66.4 Å². The Kier molecular flexibility index (Phi) is 3.92. The second-order valence-corrected chi connectivity index (χ2v) is 3.99. The van der Waals surface area contributed by atoms with Gasteiger partial charge in [0, 0.05) is 12.0 Å². The Hall–Kier alpha value is -1.06. The molecule has 1 aliphatic carbocycles. The lowest BCUT2D eigenvalue weighted by atomic mass is 10.1. The maximum absolute atomic E-state index is 11.5. The van der Waals surface area contributed by atoms with E-state index in [1.54, 1.807) is 6.92 Å². The van der Waals surface area contributed by atoms with Crippen molar-refractivity contribution in [3.05, 3.63) is 0 Å². The molecule has 1 fully saturated rings. The summed E-state index contributed by atoms with van der Waals surface area (Å²) in [5, 5.41) is 11.4. The second-order valence-electron chi connectivity index (χ2n) is 3.99. The highest BCUT2D eigenvalue weighted by molar-refractivity contribution is 5.83. The van der Waals surface area contributed by atoms with Crippen LogP contribution in [0.5, 0.6) is 0 Å². The summed E-state index contributed by atoms with van der Waals surface area (Å²) in [6.07, 6.45) is 4.31. The highest BCUT2D eigenvalue weighted by Crippen LogP contribution is 2.18. The number of hydrogen-bond donors (Lipinski definition) is 2. The fourth-order valence-corrected chi connectivity index (χ4v) is 1.77. The molecule has 4 heteroatoms. The first-order valence-electron chi connectivity index (χ1n) is 5.11. The van der Waals surface area contributed by atoms with E-state index in [2.05, 4.69) is 5.32 Å². The summed E-state index contributed by atoms with van der Waals surface area (Å²) < 4.78 is 0. The monoisotopic (exact) mass is 199 g/mol. The summed E-state index contributed by atoms with van der Waals surface area (Å²) in [5.74, 6) is -1.47. The Labute approximate surface area is 83.7 Å². The highest BCUT2D eigenvalue weighted by Gasteiger charge is 2.21. The molecule has 1 saturated carbocycles. The number of nitrogens with one attached hydrogen (secondary N) is 1. The van der Waals surface area contributed by atoms with Gasteiger partial charge >= 0.3 is 5.97 Å². The molecule has 1 amide bonds. The van der Waals surface area contributed by atoms with E-state index in [1.165, 1.54) is 0 Å². The molecule has 2 N–H and O–H groups in total. The summed E-state index contributed by atoms with van der Waals surface area (Å²) in [4.78, 5) is 21.8. The number of carboxylic acids is 1. The Morgan fingerprint density at radius 1 is 1.43 bits per heavy atom. The third-order valence-electron chi connectivity index (χ3n) is 2.63. The molecule has 0 spiro atoms. The minimum Gasteiger partial charge on any atom is -0.481 e. The Bertz CT molecular complexity index is 221. The van der Waals surface area contributed by atoms with Gasteiger partial charge in [0.25, 0.3) is 0 Å². The number of amides is 1. The summed E-state index contributed by atoms with van der Waals surface area (Å²) in [6, 6.07) is 0.277. The molecule has 0 aromatic rings. The molecule has 0 aliphatic heterocycles. The van der Waals surface area contributed by atoms with Crippen molar-refractivity contribution in [2.45, 2.75) is 45.1 Å². The van der Waals surface area contributed by atoms with Crippen molar-refractivity contribution in [1.82, 2.24) is 5.32 Å². The molecule has 1 unspecified atom stereocenters. The van der Waals surface area contributed by atoms with Gasteiger partial charge in [-0.3, -0.25) is 9.59 Å². The van der Waals surface area contributed by atoms with Crippen LogP contribution in [0.25, 0.3) is 0 Å². The van der Waals surface area contributed by atoms with Gasteiger partial charge in [0.1, 0.15) is 0 Å². The molecule has 1 rings (SSSR count). The molecule has 4 nitrogen and oxygen atoms in total. The van der Waals surface area contributed by atoms with Gasteiger partial charge in [-0.05, 0) is 12.8 Å². The number of aliphatic carboxylic acids is 1. The number of rotatable bonds is 4. The van der Waals surface area contributed by atoms with Crippen LogP contribution in [0.15, 0.2) is 0 Å². The molecule has 0 aromatic carbocycles. The summed E-state index contributed by atoms with van der Waals surface area (Å²) in [6.45, 7) is 1.65. The molecule has 0 saturated heterocycles. The zero-order valence-electron chi connectivity index (χ0n) is 8.45. The second kappa shape index (κ2) is 4.98. The van der Waals surface area contributed by atoms with E-state index in [4.69, 9.17) is 5.11 Å². The van der Waals surface area contributed by atoms with E-state index in [1.807, 2.05) is 0 Å². The lowest BCUT2D eigenvalue weighted by Crippen LogP contribution is -2.37. The lowest BCUT2D eigenvalue weighted by molar-refractivity contribution is -0.140. The SMILES string of the molecule is CC(CC(=O)O)C(=O)NC1CCCC1. The fraction of sp³-hybridized carbons (Fsp3) is 0.800. The predicted octanol–water partition coefficient (Wildman–Crippen LogP) is 1.16. The van der Waals surface area contributed by atoms with Gasteiger partial charge in [0.05, 0.1) is 6.42 Å². The van der Waals surface area contributed by atoms with Crippen molar-refractivity contribution in [1.29, 1.82) is 0 Å². The molecule has 80 valence electrons. The van der Waals surface area contributed by atoms with Crippen LogP contribution >= 0.6 is 0 Å². The van der Waals surface area contributed by atoms with Crippen LogP contribution in [-0.4, -0.2) is 23.0 Å². The largest absolute Gasteiger partial charge is 0.481 e. The summed E-state index contributed by atoms with van der Waals surface area (Å²) in [7, 11) is 0. The smallest absolute Gasteiger partial charge is 0.304 e. The Balaban J connectivity index is 2.29. The summed E-state index contributed by atoms with van der Waals surface area (Å²) in [5.41, 5.74) is 0. The van der Waals surface area contributed by atoms with E-state index in [0.29, 0.717) is 0 Å². The first-order valence-corrected chi connectivity index (χ1v) is 5.11. The number of carbonyl (C=O) groups excluding carboxylic acids is 1. The van der Waals surface area contributed by atoms with E-state index in [9.17, 15) is 9.59 Å². The first kappa shape index (κ1) is 11.0.